The van der Waals surface area contributed by atoms with Crippen LogP contribution in [0.1, 0.15) is 37.2 Å². The first-order chi connectivity index (χ1) is 9.28. The Morgan fingerprint density at radius 3 is 3.16 bits per heavy atom. The minimum absolute atomic E-state index is 0.153. The summed E-state index contributed by atoms with van der Waals surface area (Å²) in [5.41, 5.74) is 8.09. The molecule has 2 heterocycles. The lowest BCUT2D eigenvalue weighted by Gasteiger charge is -2.02. The van der Waals surface area contributed by atoms with Crippen LogP contribution in [0.15, 0.2) is 22.7 Å². The summed E-state index contributed by atoms with van der Waals surface area (Å²) in [5.74, 6) is 2.05. The first-order valence-electron chi connectivity index (χ1n) is 6.63. The average Bonchev–Trinajstić information content (AvgIpc) is 3.07. The molecule has 100 valence electrons. The van der Waals surface area contributed by atoms with Crippen molar-refractivity contribution in [3.63, 3.8) is 0 Å². The third-order valence-corrected chi connectivity index (χ3v) is 3.31. The second kappa shape index (κ2) is 5.01. The molecule has 5 heteroatoms. The Morgan fingerprint density at radius 2 is 2.32 bits per heavy atom. The molecule has 2 aromatic rings. The van der Waals surface area contributed by atoms with Crippen LogP contribution >= 0.6 is 0 Å². The predicted molar refractivity (Wildman–Crippen MR) is 70.8 cm³/mol. The van der Waals surface area contributed by atoms with Crippen molar-refractivity contribution in [3.05, 3.63) is 29.6 Å². The summed E-state index contributed by atoms with van der Waals surface area (Å²) in [6.45, 7) is 2.83. The van der Waals surface area contributed by atoms with Crippen molar-refractivity contribution in [2.45, 2.75) is 32.2 Å². The number of hydrogen-bond acceptors (Lipinski definition) is 5. The molecule has 0 bridgehead atoms. The van der Waals surface area contributed by atoms with Crippen LogP contribution in [0.2, 0.25) is 0 Å². The molecule has 19 heavy (non-hydrogen) atoms. The van der Waals surface area contributed by atoms with Crippen molar-refractivity contribution in [3.8, 4) is 17.2 Å². The number of nitrogens with zero attached hydrogens (tertiary/aromatic N) is 2. The van der Waals surface area contributed by atoms with E-state index in [1.807, 2.05) is 18.2 Å². The molecular formula is C14H17N3O2. The van der Waals surface area contributed by atoms with Crippen molar-refractivity contribution >= 4 is 0 Å². The van der Waals surface area contributed by atoms with E-state index in [1.54, 1.807) is 0 Å². The fraction of sp³-hybridized carbons (Fsp3) is 0.429. The molecule has 2 N–H and O–H groups in total. The van der Waals surface area contributed by atoms with Gasteiger partial charge in [0.1, 0.15) is 5.75 Å². The number of fused-ring (bicyclic) bond motifs is 1. The van der Waals surface area contributed by atoms with E-state index in [0.29, 0.717) is 11.7 Å². The van der Waals surface area contributed by atoms with Gasteiger partial charge >= 0.3 is 0 Å². The molecule has 0 saturated carbocycles. The summed E-state index contributed by atoms with van der Waals surface area (Å²) < 4.78 is 10.8. The molecule has 1 aromatic carbocycles. The molecule has 0 amide bonds. The Hall–Kier alpha value is -1.88. The lowest BCUT2D eigenvalue weighted by Crippen LogP contribution is -2.11. The molecule has 1 aromatic heterocycles. The smallest absolute Gasteiger partial charge is 0.257 e. The Balaban J connectivity index is 1.86. The third kappa shape index (κ3) is 2.33. The first-order valence-corrected chi connectivity index (χ1v) is 6.63. The Kier molecular flexibility index (Phi) is 3.21. The second-order valence-corrected chi connectivity index (χ2v) is 4.77. The highest BCUT2D eigenvalue weighted by Gasteiger charge is 2.17. The second-order valence-electron chi connectivity index (χ2n) is 4.77. The van der Waals surface area contributed by atoms with Gasteiger partial charge < -0.3 is 15.0 Å². The van der Waals surface area contributed by atoms with E-state index in [-0.39, 0.29) is 6.04 Å². The summed E-state index contributed by atoms with van der Waals surface area (Å²) >= 11 is 0. The number of hydrogen-bond donors (Lipinski definition) is 1. The minimum atomic E-state index is -0.153. The predicted octanol–water partition coefficient (Wildman–Crippen LogP) is 2.47. The lowest BCUT2D eigenvalue weighted by molar-refractivity contribution is 0.357. The normalized spacial score (nSPS) is 15.1. The van der Waals surface area contributed by atoms with Crippen LogP contribution in [0.25, 0.3) is 11.5 Å². The maximum Gasteiger partial charge on any atom is 0.257 e. The molecular weight excluding hydrogens is 242 g/mol. The fourth-order valence-corrected chi connectivity index (χ4v) is 2.26. The van der Waals surface area contributed by atoms with Crippen molar-refractivity contribution in [1.29, 1.82) is 0 Å². The Labute approximate surface area is 111 Å². The molecule has 5 nitrogen and oxygen atoms in total. The molecule has 0 fully saturated rings. The third-order valence-electron chi connectivity index (χ3n) is 3.31. The van der Waals surface area contributed by atoms with Gasteiger partial charge in [-0.15, -0.1) is 0 Å². The summed E-state index contributed by atoms with van der Waals surface area (Å²) in [6.07, 6.45) is 2.79. The van der Waals surface area contributed by atoms with Crippen LogP contribution < -0.4 is 10.5 Å². The molecule has 0 radical (unpaired) electrons. The van der Waals surface area contributed by atoms with Gasteiger partial charge in [-0.05, 0) is 30.2 Å². The van der Waals surface area contributed by atoms with E-state index in [1.165, 1.54) is 5.56 Å². The molecule has 1 atom stereocenters. The number of ether oxygens (including phenoxy) is 1. The number of aromatic nitrogens is 2. The fourth-order valence-electron chi connectivity index (χ4n) is 2.26. The molecule has 0 aliphatic carbocycles. The van der Waals surface area contributed by atoms with Gasteiger partial charge in [-0.25, -0.2) is 0 Å². The summed E-state index contributed by atoms with van der Waals surface area (Å²) in [6, 6.07) is 5.78. The Morgan fingerprint density at radius 1 is 1.42 bits per heavy atom. The quantitative estimate of drug-likeness (QED) is 0.913. The zero-order valence-electron chi connectivity index (χ0n) is 10.9. The van der Waals surface area contributed by atoms with Crippen LogP contribution in [0.3, 0.4) is 0 Å². The topological polar surface area (TPSA) is 74.2 Å². The molecule has 0 spiro atoms. The molecule has 1 unspecified atom stereocenters. The maximum atomic E-state index is 5.98. The van der Waals surface area contributed by atoms with Crippen LogP contribution in [0, 0.1) is 0 Å². The van der Waals surface area contributed by atoms with E-state index in [4.69, 9.17) is 15.0 Å². The zero-order valence-corrected chi connectivity index (χ0v) is 10.9. The van der Waals surface area contributed by atoms with E-state index >= 15 is 0 Å². The SMILES string of the molecule is CCCC(N)c1noc(-c2ccc3c(c2)CCO3)n1. The average molecular weight is 259 g/mol. The molecule has 3 rings (SSSR count). The van der Waals surface area contributed by atoms with Crippen molar-refractivity contribution in [2.75, 3.05) is 6.61 Å². The highest BCUT2D eigenvalue weighted by atomic mass is 16.5. The van der Waals surface area contributed by atoms with Gasteiger partial charge in [0.05, 0.1) is 12.6 Å². The van der Waals surface area contributed by atoms with Crippen LogP contribution in [0.5, 0.6) is 5.75 Å². The zero-order chi connectivity index (χ0) is 13.2. The standard InChI is InChI=1S/C14H17N3O2/c1-2-3-11(15)13-16-14(19-17-13)10-4-5-12-9(8-10)6-7-18-12/h4-5,8,11H,2-3,6-7,15H2,1H3. The number of nitrogens with two attached hydrogens (primary N) is 1. The summed E-state index contributed by atoms with van der Waals surface area (Å²) in [5, 5.41) is 3.96. The van der Waals surface area contributed by atoms with Gasteiger partial charge in [-0.2, -0.15) is 4.98 Å². The highest BCUT2D eigenvalue weighted by molar-refractivity contribution is 5.58. The number of rotatable bonds is 4. The summed E-state index contributed by atoms with van der Waals surface area (Å²) in [4.78, 5) is 4.38. The van der Waals surface area contributed by atoms with Gasteiger partial charge in [-0.1, -0.05) is 18.5 Å². The lowest BCUT2D eigenvalue weighted by atomic mass is 10.1. The highest BCUT2D eigenvalue weighted by Crippen LogP contribution is 2.30. The van der Waals surface area contributed by atoms with Gasteiger partial charge in [0.2, 0.25) is 0 Å². The van der Waals surface area contributed by atoms with E-state index < -0.39 is 0 Å². The molecule has 1 aliphatic rings. The van der Waals surface area contributed by atoms with Crippen LogP contribution in [0.4, 0.5) is 0 Å². The van der Waals surface area contributed by atoms with E-state index in [2.05, 4.69) is 17.1 Å². The molecule has 0 saturated heterocycles. The monoisotopic (exact) mass is 259 g/mol. The van der Waals surface area contributed by atoms with Gasteiger partial charge in [-0.3, -0.25) is 0 Å². The van der Waals surface area contributed by atoms with E-state index in [9.17, 15) is 0 Å². The number of benzene rings is 1. The maximum absolute atomic E-state index is 5.98. The van der Waals surface area contributed by atoms with Crippen molar-refractivity contribution < 1.29 is 9.26 Å². The van der Waals surface area contributed by atoms with Crippen molar-refractivity contribution in [1.82, 2.24) is 10.1 Å². The van der Waals surface area contributed by atoms with Crippen LogP contribution in [-0.4, -0.2) is 16.7 Å². The van der Waals surface area contributed by atoms with Crippen molar-refractivity contribution in [2.24, 2.45) is 5.73 Å². The first kappa shape index (κ1) is 12.2. The van der Waals surface area contributed by atoms with Crippen LogP contribution in [-0.2, 0) is 6.42 Å². The molecule has 1 aliphatic heterocycles. The Bertz CT molecular complexity index is 580. The largest absolute Gasteiger partial charge is 0.493 e. The van der Waals surface area contributed by atoms with E-state index in [0.717, 1.165) is 37.2 Å². The van der Waals surface area contributed by atoms with Gasteiger partial charge in [0.25, 0.3) is 5.89 Å². The van der Waals surface area contributed by atoms with Gasteiger partial charge in [0, 0.05) is 12.0 Å². The van der Waals surface area contributed by atoms with Gasteiger partial charge in [0.15, 0.2) is 5.82 Å². The minimum Gasteiger partial charge on any atom is -0.493 e. The summed E-state index contributed by atoms with van der Waals surface area (Å²) in [7, 11) is 0.